The topological polar surface area (TPSA) is 67.6 Å². The molecule has 2 heterocycles. The number of carbonyl (C=O) groups is 1. The van der Waals surface area contributed by atoms with Gasteiger partial charge in [0.15, 0.2) is 9.84 Å². The van der Waals surface area contributed by atoms with Crippen LogP contribution in [-0.2, 0) is 15.6 Å². The van der Waals surface area contributed by atoms with Gasteiger partial charge in [0, 0.05) is 18.7 Å². The Morgan fingerprint density at radius 1 is 1.16 bits per heavy atom. The van der Waals surface area contributed by atoms with Gasteiger partial charge in [-0.3, -0.25) is 4.79 Å². The van der Waals surface area contributed by atoms with Gasteiger partial charge in [-0.15, -0.1) is 0 Å². The van der Waals surface area contributed by atoms with Crippen molar-refractivity contribution in [2.45, 2.75) is 37.7 Å². The van der Waals surface area contributed by atoms with Crippen molar-refractivity contribution in [2.24, 2.45) is 0 Å². The maximum atomic E-state index is 12.6. The summed E-state index contributed by atoms with van der Waals surface area (Å²) in [5.41, 5.74) is 2.90. The molecule has 0 atom stereocenters. The minimum absolute atomic E-state index is 0.0232. The molecule has 0 saturated carbocycles. The second-order valence-electron chi connectivity index (χ2n) is 6.68. The molecule has 2 aromatic rings. The number of hydrogen-bond acceptors (Lipinski definition) is 4. The first-order valence-electron chi connectivity index (χ1n) is 8.47. The van der Waals surface area contributed by atoms with E-state index in [1.54, 1.807) is 17.0 Å². The lowest BCUT2D eigenvalue weighted by Crippen LogP contribution is -2.42. The fraction of sp³-hybridized carbons (Fsp3) is 0.421. The van der Waals surface area contributed by atoms with Gasteiger partial charge >= 0.3 is 0 Å². The highest BCUT2D eigenvalue weighted by molar-refractivity contribution is 7.91. The van der Waals surface area contributed by atoms with Crippen LogP contribution in [0.5, 0.6) is 0 Å². The second kappa shape index (κ2) is 7.04. The number of hydrogen-bond donors (Lipinski definition) is 0. The summed E-state index contributed by atoms with van der Waals surface area (Å²) in [6.07, 6.45) is 2.43. The van der Waals surface area contributed by atoms with E-state index >= 15 is 0 Å². The van der Waals surface area contributed by atoms with Gasteiger partial charge in [-0.2, -0.15) is 0 Å². The zero-order chi connectivity index (χ0) is 18.0. The molecule has 134 valence electrons. The third-order valence-electron chi connectivity index (χ3n) is 4.91. The molecule has 1 aromatic heterocycles. The van der Waals surface area contributed by atoms with Crippen LogP contribution in [0.3, 0.4) is 0 Å². The molecule has 1 amide bonds. The van der Waals surface area contributed by atoms with Crippen LogP contribution >= 0.6 is 0 Å². The third kappa shape index (κ3) is 3.95. The summed E-state index contributed by atoms with van der Waals surface area (Å²) in [5, 5.41) is -0.415. The van der Waals surface area contributed by atoms with Gasteiger partial charge in [0.1, 0.15) is 11.5 Å². The monoisotopic (exact) mass is 361 g/mol. The minimum atomic E-state index is -3.26. The lowest BCUT2D eigenvalue weighted by atomic mass is 10.0. The smallest absolute Gasteiger partial charge is 0.253 e. The second-order valence-corrected chi connectivity index (χ2v) is 8.96. The quantitative estimate of drug-likeness (QED) is 0.839. The Kier molecular flexibility index (Phi) is 4.99. The Morgan fingerprint density at radius 2 is 1.88 bits per heavy atom. The van der Waals surface area contributed by atoms with E-state index in [-0.39, 0.29) is 11.7 Å². The van der Waals surface area contributed by atoms with E-state index in [1.807, 2.05) is 32.0 Å². The predicted octanol–water partition coefficient (Wildman–Crippen LogP) is 3.12. The molecule has 0 bridgehead atoms. The molecular formula is C19H23NO4S. The van der Waals surface area contributed by atoms with Crippen LogP contribution in [0.25, 0.3) is 0 Å². The lowest BCUT2D eigenvalue weighted by Gasteiger charge is -2.31. The molecule has 0 aliphatic carbocycles. The van der Waals surface area contributed by atoms with Crippen LogP contribution < -0.4 is 0 Å². The van der Waals surface area contributed by atoms with Gasteiger partial charge in [-0.1, -0.05) is 6.07 Å². The van der Waals surface area contributed by atoms with Gasteiger partial charge in [0.25, 0.3) is 5.91 Å². The Morgan fingerprint density at radius 3 is 2.48 bits per heavy atom. The van der Waals surface area contributed by atoms with Gasteiger partial charge in [-0.25, -0.2) is 8.42 Å². The predicted molar refractivity (Wildman–Crippen MR) is 96.2 cm³/mol. The van der Waals surface area contributed by atoms with Crippen molar-refractivity contribution in [1.82, 2.24) is 4.90 Å². The van der Waals surface area contributed by atoms with Crippen molar-refractivity contribution in [2.75, 3.05) is 13.1 Å². The summed E-state index contributed by atoms with van der Waals surface area (Å²) in [4.78, 5) is 14.4. The van der Waals surface area contributed by atoms with E-state index in [1.165, 1.54) is 6.26 Å². The van der Waals surface area contributed by atoms with Gasteiger partial charge < -0.3 is 9.32 Å². The Hall–Kier alpha value is -2.08. The summed E-state index contributed by atoms with van der Waals surface area (Å²) in [6.45, 7) is 4.93. The highest BCUT2D eigenvalue weighted by Crippen LogP contribution is 2.23. The molecule has 1 aromatic carbocycles. The molecule has 6 heteroatoms. The average Bonchev–Trinajstić information content (AvgIpc) is 3.09. The number of rotatable bonds is 4. The number of furan rings is 1. The van der Waals surface area contributed by atoms with Crippen LogP contribution in [0.2, 0.25) is 0 Å². The highest BCUT2D eigenvalue weighted by Gasteiger charge is 2.32. The van der Waals surface area contributed by atoms with E-state index in [2.05, 4.69) is 0 Å². The summed E-state index contributed by atoms with van der Waals surface area (Å²) in [7, 11) is -3.26. The number of likely N-dealkylation sites (tertiary alicyclic amines) is 1. The van der Waals surface area contributed by atoms with Crippen molar-refractivity contribution < 1.29 is 17.6 Å². The molecule has 5 nitrogen and oxygen atoms in total. The summed E-state index contributed by atoms with van der Waals surface area (Å²) >= 11 is 0. The van der Waals surface area contributed by atoms with Gasteiger partial charge in [0.2, 0.25) is 0 Å². The standard InChI is InChI=1S/C19H23NO4S/c1-14-5-6-16(12-15(14)2)19(21)20-9-7-18(8-10-20)25(22,23)13-17-4-3-11-24-17/h3-6,11-12,18H,7-10,13H2,1-2H3. The summed E-state index contributed by atoms with van der Waals surface area (Å²) in [6, 6.07) is 9.05. The maximum absolute atomic E-state index is 12.6. The summed E-state index contributed by atoms with van der Waals surface area (Å²) < 4.78 is 30.2. The first-order chi connectivity index (χ1) is 11.9. The molecule has 0 spiro atoms. The molecular weight excluding hydrogens is 338 g/mol. The largest absolute Gasteiger partial charge is 0.468 e. The number of amides is 1. The first-order valence-corrected chi connectivity index (χ1v) is 10.2. The van der Waals surface area contributed by atoms with Crippen molar-refractivity contribution in [3.05, 3.63) is 59.0 Å². The molecule has 1 fully saturated rings. The SMILES string of the molecule is Cc1ccc(C(=O)N2CCC(S(=O)(=O)Cc3ccco3)CC2)cc1C. The zero-order valence-electron chi connectivity index (χ0n) is 14.6. The van der Waals surface area contributed by atoms with Crippen LogP contribution in [0, 0.1) is 13.8 Å². The van der Waals surface area contributed by atoms with Crippen LogP contribution in [0.1, 0.15) is 40.1 Å². The van der Waals surface area contributed by atoms with E-state index in [0.29, 0.717) is 37.3 Å². The van der Waals surface area contributed by atoms with Crippen LogP contribution in [0.4, 0.5) is 0 Å². The number of nitrogens with zero attached hydrogens (tertiary/aromatic N) is 1. The molecule has 1 saturated heterocycles. The van der Waals surface area contributed by atoms with Crippen molar-refractivity contribution in [1.29, 1.82) is 0 Å². The Labute approximate surface area is 148 Å². The van der Waals surface area contributed by atoms with Crippen molar-refractivity contribution in [3.8, 4) is 0 Å². The van der Waals surface area contributed by atoms with Crippen LogP contribution in [-0.4, -0.2) is 37.6 Å². The van der Waals surface area contributed by atoms with E-state index < -0.39 is 15.1 Å². The molecule has 0 radical (unpaired) electrons. The van der Waals surface area contributed by atoms with E-state index in [9.17, 15) is 13.2 Å². The molecule has 0 unspecified atom stereocenters. The first kappa shape index (κ1) is 17.7. The van der Waals surface area contributed by atoms with Gasteiger partial charge in [0.05, 0.1) is 11.5 Å². The highest BCUT2D eigenvalue weighted by atomic mass is 32.2. The summed E-state index contributed by atoms with van der Waals surface area (Å²) in [5.74, 6) is 0.370. The fourth-order valence-electron chi connectivity index (χ4n) is 3.19. The van der Waals surface area contributed by atoms with E-state index in [4.69, 9.17) is 4.42 Å². The Bertz CT molecular complexity index is 848. The molecule has 3 rings (SSSR count). The number of sulfone groups is 1. The number of piperidine rings is 1. The molecule has 1 aliphatic rings. The van der Waals surface area contributed by atoms with E-state index in [0.717, 1.165) is 11.1 Å². The van der Waals surface area contributed by atoms with Gasteiger partial charge in [-0.05, 0) is 62.1 Å². The maximum Gasteiger partial charge on any atom is 0.253 e. The van der Waals surface area contributed by atoms with Crippen molar-refractivity contribution in [3.63, 3.8) is 0 Å². The van der Waals surface area contributed by atoms with Crippen molar-refractivity contribution >= 4 is 15.7 Å². The third-order valence-corrected chi connectivity index (χ3v) is 7.09. The average molecular weight is 361 g/mol. The molecule has 25 heavy (non-hydrogen) atoms. The number of carbonyl (C=O) groups excluding carboxylic acids is 1. The Balaban J connectivity index is 1.63. The zero-order valence-corrected chi connectivity index (χ0v) is 15.4. The molecule has 0 N–H and O–H groups in total. The van der Waals surface area contributed by atoms with Crippen LogP contribution in [0.15, 0.2) is 41.0 Å². The fourth-order valence-corrected chi connectivity index (χ4v) is 4.91. The number of aryl methyl sites for hydroxylation is 2. The molecule has 1 aliphatic heterocycles. The number of benzene rings is 1. The minimum Gasteiger partial charge on any atom is -0.468 e. The lowest BCUT2D eigenvalue weighted by molar-refractivity contribution is 0.0725. The normalized spacial score (nSPS) is 16.2.